The Hall–Kier alpha value is -1.75. The summed E-state index contributed by atoms with van der Waals surface area (Å²) in [5, 5.41) is 9.08. The number of carboxylic acids is 1. The Labute approximate surface area is 99.9 Å². The molecule has 0 radical (unpaired) electrons. The minimum absolute atomic E-state index is 0.316. The Kier molecular flexibility index (Phi) is 4.78. The van der Waals surface area contributed by atoms with Crippen molar-refractivity contribution in [1.82, 2.24) is 0 Å². The fraction of sp³-hybridized carbons (Fsp3) is 0.417. The number of carboxylic acid groups (broad SMARTS) is 1. The van der Waals surface area contributed by atoms with E-state index in [4.69, 9.17) is 19.3 Å². The first-order chi connectivity index (χ1) is 8.12. The van der Waals surface area contributed by atoms with Crippen LogP contribution in [0.5, 0.6) is 11.5 Å². The highest BCUT2D eigenvalue weighted by Gasteiger charge is 2.21. The molecule has 0 saturated heterocycles. The van der Waals surface area contributed by atoms with Crippen molar-refractivity contribution >= 4 is 5.97 Å². The molecule has 1 aromatic rings. The number of hydrogen-bond donors (Lipinski definition) is 1. The molecule has 1 N–H and O–H groups in total. The second-order valence-electron chi connectivity index (χ2n) is 3.32. The molecule has 0 saturated carbocycles. The van der Waals surface area contributed by atoms with E-state index in [1.807, 2.05) is 0 Å². The van der Waals surface area contributed by atoms with Gasteiger partial charge in [0.05, 0.1) is 14.2 Å². The van der Waals surface area contributed by atoms with Crippen LogP contribution in [0.25, 0.3) is 0 Å². The molecule has 5 nitrogen and oxygen atoms in total. The van der Waals surface area contributed by atoms with Crippen LogP contribution in [0, 0.1) is 0 Å². The molecule has 1 atom stereocenters. The summed E-state index contributed by atoms with van der Waals surface area (Å²) >= 11 is 0. The molecule has 0 aliphatic heterocycles. The lowest BCUT2D eigenvalue weighted by Crippen LogP contribution is -2.15. The normalized spacial score (nSPS) is 11.9. The molecule has 5 heteroatoms. The lowest BCUT2D eigenvalue weighted by Gasteiger charge is -2.15. The minimum Gasteiger partial charge on any atom is -0.497 e. The van der Waals surface area contributed by atoms with Gasteiger partial charge in [-0.1, -0.05) is 0 Å². The van der Waals surface area contributed by atoms with E-state index in [1.54, 1.807) is 25.1 Å². The number of methoxy groups -OCH3 is 2. The highest BCUT2D eigenvalue weighted by Crippen LogP contribution is 2.28. The van der Waals surface area contributed by atoms with Crippen LogP contribution in [0.1, 0.15) is 18.6 Å². The van der Waals surface area contributed by atoms with Crippen molar-refractivity contribution in [2.24, 2.45) is 0 Å². The van der Waals surface area contributed by atoms with Gasteiger partial charge in [-0.25, -0.2) is 4.79 Å². The second kappa shape index (κ2) is 6.10. The first-order valence-electron chi connectivity index (χ1n) is 5.19. The first kappa shape index (κ1) is 13.3. The molecule has 1 rings (SSSR count). The minimum atomic E-state index is -1.04. The highest BCUT2D eigenvalue weighted by molar-refractivity contribution is 5.74. The van der Waals surface area contributed by atoms with Crippen LogP contribution in [0.4, 0.5) is 0 Å². The molecule has 0 amide bonds. The van der Waals surface area contributed by atoms with E-state index in [2.05, 4.69) is 0 Å². The predicted octanol–water partition coefficient (Wildman–Crippen LogP) is 1.87. The third-order valence-corrected chi connectivity index (χ3v) is 2.23. The van der Waals surface area contributed by atoms with Crippen LogP contribution in [0.15, 0.2) is 18.2 Å². The summed E-state index contributed by atoms with van der Waals surface area (Å²) in [6.45, 7) is 2.06. The molecule has 0 spiro atoms. The van der Waals surface area contributed by atoms with Crippen molar-refractivity contribution in [2.75, 3.05) is 20.8 Å². The predicted molar refractivity (Wildman–Crippen MR) is 61.5 cm³/mol. The topological polar surface area (TPSA) is 65.0 Å². The molecule has 0 aliphatic rings. The van der Waals surface area contributed by atoms with Crippen LogP contribution in [-0.2, 0) is 9.53 Å². The molecule has 1 unspecified atom stereocenters. The highest BCUT2D eigenvalue weighted by atomic mass is 16.5. The van der Waals surface area contributed by atoms with Crippen molar-refractivity contribution in [3.63, 3.8) is 0 Å². The first-order valence-corrected chi connectivity index (χ1v) is 5.19. The zero-order valence-corrected chi connectivity index (χ0v) is 10.1. The summed E-state index contributed by atoms with van der Waals surface area (Å²) in [6.07, 6.45) is -1.01. The largest absolute Gasteiger partial charge is 0.497 e. The molecule has 0 fully saturated rings. The van der Waals surface area contributed by atoms with E-state index < -0.39 is 12.1 Å². The summed E-state index contributed by atoms with van der Waals surface area (Å²) < 4.78 is 15.3. The van der Waals surface area contributed by atoms with E-state index in [1.165, 1.54) is 14.2 Å². The summed E-state index contributed by atoms with van der Waals surface area (Å²) in [6, 6.07) is 4.92. The van der Waals surface area contributed by atoms with Gasteiger partial charge in [0.15, 0.2) is 6.10 Å². The van der Waals surface area contributed by atoms with Crippen molar-refractivity contribution < 1.29 is 24.1 Å². The van der Waals surface area contributed by atoms with Gasteiger partial charge in [-0.05, 0) is 24.6 Å². The smallest absolute Gasteiger partial charge is 0.337 e. The van der Waals surface area contributed by atoms with E-state index in [0.717, 1.165) is 0 Å². The van der Waals surface area contributed by atoms with Crippen LogP contribution < -0.4 is 9.47 Å². The van der Waals surface area contributed by atoms with Crippen LogP contribution in [0.2, 0.25) is 0 Å². The standard InChI is InChI=1S/C12H16O5/c1-4-17-11(12(13)14)8-5-9(15-2)7-10(6-8)16-3/h5-7,11H,4H2,1-3H3,(H,13,14). The van der Waals surface area contributed by atoms with Crippen molar-refractivity contribution in [3.05, 3.63) is 23.8 Å². The van der Waals surface area contributed by atoms with Crippen LogP contribution in [-0.4, -0.2) is 31.9 Å². The maximum Gasteiger partial charge on any atom is 0.337 e. The van der Waals surface area contributed by atoms with Crippen molar-refractivity contribution in [1.29, 1.82) is 0 Å². The maximum absolute atomic E-state index is 11.1. The molecule has 0 bridgehead atoms. The summed E-state index contributed by atoms with van der Waals surface area (Å²) in [7, 11) is 3.02. The van der Waals surface area contributed by atoms with E-state index in [9.17, 15) is 4.79 Å². The van der Waals surface area contributed by atoms with Crippen molar-refractivity contribution in [2.45, 2.75) is 13.0 Å². The van der Waals surface area contributed by atoms with E-state index >= 15 is 0 Å². The Morgan fingerprint density at radius 2 is 1.76 bits per heavy atom. The average Bonchev–Trinajstić information content (AvgIpc) is 2.34. The fourth-order valence-electron chi connectivity index (χ4n) is 1.46. The number of carbonyl (C=O) groups is 1. The Balaban J connectivity index is 3.12. The zero-order valence-electron chi connectivity index (χ0n) is 10.1. The van der Waals surface area contributed by atoms with Crippen molar-refractivity contribution in [3.8, 4) is 11.5 Å². The van der Waals surface area contributed by atoms with Gasteiger partial charge in [0.1, 0.15) is 11.5 Å². The Bertz CT molecular complexity index is 366. The molecule has 0 aromatic heterocycles. The molecular weight excluding hydrogens is 224 g/mol. The lowest BCUT2D eigenvalue weighted by atomic mass is 10.1. The fourth-order valence-corrected chi connectivity index (χ4v) is 1.46. The SMILES string of the molecule is CCOC(C(=O)O)c1cc(OC)cc(OC)c1. The Morgan fingerprint density at radius 3 is 2.12 bits per heavy atom. The molecular formula is C12H16O5. The average molecular weight is 240 g/mol. The van der Waals surface area contributed by atoms with Gasteiger partial charge in [0.25, 0.3) is 0 Å². The molecule has 17 heavy (non-hydrogen) atoms. The summed E-state index contributed by atoms with van der Waals surface area (Å²) in [5.74, 6) is 0.0257. The van der Waals surface area contributed by atoms with Gasteiger partial charge in [-0.2, -0.15) is 0 Å². The monoisotopic (exact) mass is 240 g/mol. The molecule has 0 aliphatic carbocycles. The zero-order chi connectivity index (χ0) is 12.8. The third-order valence-electron chi connectivity index (χ3n) is 2.23. The third kappa shape index (κ3) is 3.35. The van der Waals surface area contributed by atoms with Gasteiger partial charge < -0.3 is 19.3 Å². The molecule has 94 valence electrons. The second-order valence-corrected chi connectivity index (χ2v) is 3.32. The summed E-state index contributed by atoms with van der Waals surface area (Å²) in [5.41, 5.74) is 0.496. The van der Waals surface area contributed by atoms with Gasteiger partial charge in [-0.15, -0.1) is 0 Å². The molecule has 0 heterocycles. The lowest BCUT2D eigenvalue weighted by molar-refractivity contribution is -0.150. The number of aliphatic carboxylic acids is 1. The van der Waals surface area contributed by atoms with Gasteiger partial charge in [0, 0.05) is 12.7 Å². The number of rotatable bonds is 6. The summed E-state index contributed by atoms with van der Waals surface area (Å²) in [4.78, 5) is 11.1. The number of benzene rings is 1. The number of ether oxygens (including phenoxy) is 3. The molecule has 1 aromatic carbocycles. The number of hydrogen-bond acceptors (Lipinski definition) is 4. The van der Waals surface area contributed by atoms with Crippen LogP contribution >= 0.6 is 0 Å². The van der Waals surface area contributed by atoms with E-state index in [0.29, 0.717) is 23.7 Å². The quantitative estimate of drug-likeness (QED) is 0.822. The van der Waals surface area contributed by atoms with Crippen LogP contribution in [0.3, 0.4) is 0 Å². The van der Waals surface area contributed by atoms with E-state index in [-0.39, 0.29) is 0 Å². The van der Waals surface area contributed by atoms with Gasteiger partial charge >= 0.3 is 5.97 Å². The Morgan fingerprint density at radius 1 is 1.24 bits per heavy atom. The maximum atomic E-state index is 11.1. The van der Waals surface area contributed by atoms with Gasteiger partial charge in [-0.3, -0.25) is 0 Å². The van der Waals surface area contributed by atoms with Gasteiger partial charge in [0.2, 0.25) is 0 Å².